The average molecular weight is 200 g/mol. The molecule has 76 valence electrons. The van der Waals surface area contributed by atoms with E-state index in [1.807, 2.05) is 18.2 Å². The monoisotopic (exact) mass is 200 g/mol. The molecule has 2 N–H and O–H groups in total. The van der Waals surface area contributed by atoms with Crippen molar-refractivity contribution in [1.29, 1.82) is 0 Å². The second kappa shape index (κ2) is 4.61. The summed E-state index contributed by atoms with van der Waals surface area (Å²) in [5, 5.41) is 0. The van der Waals surface area contributed by atoms with E-state index in [0.717, 1.165) is 17.1 Å². The van der Waals surface area contributed by atoms with Gasteiger partial charge in [0.1, 0.15) is 5.82 Å². The summed E-state index contributed by atoms with van der Waals surface area (Å²) in [6, 6.07) is 5.80. The van der Waals surface area contributed by atoms with Crippen molar-refractivity contribution in [1.82, 2.24) is 15.0 Å². The predicted octanol–water partition coefficient (Wildman–Crippen LogP) is 0.921. The maximum Gasteiger partial charge on any atom is 0.134 e. The van der Waals surface area contributed by atoms with E-state index in [1.165, 1.54) is 0 Å². The Morgan fingerprint density at radius 2 is 1.87 bits per heavy atom. The summed E-state index contributed by atoms with van der Waals surface area (Å²) in [6.07, 6.45) is 5.94. The molecule has 2 heterocycles. The first kappa shape index (κ1) is 9.73. The van der Waals surface area contributed by atoms with Crippen LogP contribution in [0, 0.1) is 0 Å². The molecule has 2 rings (SSSR count). The van der Waals surface area contributed by atoms with E-state index >= 15 is 0 Å². The van der Waals surface area contributed by atoms with Crippen molar-refractivity contribution in [3.8, 4) is 0 Å². The van der Waals surface area contributed by atoms with Gasteiger partial charge in [0.05, 0.1) is 0 Å². The quantitative estimate of drug-likeness (QED) is 0.800. The molecule has 0 fully saturated rings. The molecule has 0 aliphatic rings. The van der Waals surface area contributed by atoms with E-state index in [2.05, 4.69) is 15.0 Å². The van der Waals surface area contributed by atoms with Crippen LogP contribution in [-0.2, 0) is 13.0 Å². The molecule has 0 aromatic carbocycles. The summed E-state index contributed by atoms with van der Waals surface area (Å²) < 4.78 is 0. The van der Waals surface area contributed by atoms with E-state index in [0.29, 0.717) is 13.0 Å². The zero-order chi connectivity index (χ0) is 10.5. The Morgan fingerprint density at radius 1 is 1.07 bits per heavy atom. The van der Waals surface area contributed by atoms with Crippen LogP contribution in [0.2, 0.25) is 0 Å². The average Bonchev–Trinajstić information content (AvgIpc) is 2.31. The molecule has 0 saturated carbocycles. The summed E-state index contributed by atoms with van der Waals surface area (Å²) in [7, 11) is 0. The highest BCUT2D eigenvalue weighted by Gasteiger charge is 1.99. The zero-order valence-corrected chi connectivity index (χ0v) is 8.30. The van der Waals surface area contributed by atoms with Gasteiger partial charge in [0.15, 0.2) is 0 Å². The van der Waals surface area contributed by atoms with Crippen LogP contribution in [0.15, 0.2) is 36.8 Å². The summed E-state index contributed by atoms with van der Waals surface area (Å²) in [6.45, 7) is 0.476. The number of nitrogens with two attached hydrogens (primary N) is 1. The van der Waals surface area contributed by atoms with E-state index < -0.39 is 0 Å². The van der Waals surface area contributed by atoms with E-state index in [9.17, 15) is 0 Å². The van der Waals surface area contributed by atoms with E-state index in [-0.39, 0.29) is 0 Å². The Bertz CT molecular complexity index is 410. The van der Waals surface area contributed by atoms with Gasteiger partial charge in [0, 0.05) is 42.8 Å². The van der Waals surface area contributed by atoms with Crippen molar-refractivity contribution in [3.63, 3.8) is 0 Å². The van der Waals surface area contributed by atoms with Crippen molar-refractivity contribution < 1.29 is 0 Å². The van der Waals surface area contributed by atoms with Crippen LogP contribution in [-0.4, -0.2) is 15.0 Å². The molecule has 0 spiro atoms. The lowest BCUT2D eigenvalue weighted by atomic mass is 10.2. The van der Waals surface area contributed by atoms with Gasteiger partial charge in [0.2, 0.25) is 0 Å². The molecule has 0 saturated heterocycles. The minimum absolute atomic E-state index is 0.476. The van der Waals surface area contributed by atoms with Crippen LogP contribution < -0.4 is 5.73 Å². The molecule has 0 aliphatic heterocycles. The Kier molecular flexibility index (Phi) is 2.99. The first-order valence-electron chi connectivity index (χ1n) is 4.78. The Hall–Kier alpha value is -1.81. The smallest absolute Gasteiger partial charge is 0.134 e. The van der Waals surface area contributed by atoms with Crippen LogP contribution in [0.25, 0.3) is 0 Å². The maximum absolute atomic E-state index is 5.46. The highest BCUT2D eigenvalue weighted by Crippen LogP contribution is 2.02. The highest BCUT2D eigenvalue weighted by molar-refractivity contribution is 5.11. The molecule has 2 aromatic rings. The first-order chi connectivity index (χ1) is 7.38. The van der Waals surface area contributed by atoms with E-state index in [1.54, 1.807) is 18.6 Å². The summed E-state index contributed by atoms with van der Waals surface area (Å²) in [4.78, 5) is 12.6. The van der Waals surface area contributed by atoms with E-state index in [4.69, 9.17) is 5.73 Å². The van der Waals surface area contributed by atoms with Crippen molar-refractivity contribution in [2.75, 3.05) is 0 Å². The van der Waals surface area contributed by atoms with Crippen molar-refractivity contribution in [2.45, 2.75) is 13.0 Å². The normalized spacial score (nSPS) is 10.2. The first-order valence-corrected chi connectivity index (χ1v) is 4.78. The Labute approximate surface area is 88.2 Å². The van der Waals surface area contributed by atoms with Gasteiger partial charge < -0.3 is 5.73 Å². The number of rotatable bonds is 3. The minimum Gasteiger partial charge on any atom is -0.326 e. The standard InChI is InChI=1S/C11H12N4/c12-6-9-7-14-11(15-8-9)5-10-3-1-2-4-13-10/h1-4,7-8H,5-6,12H2. The molecular weight excluding hydrogens is 188 g/mol. The van der Waals surface area contributed by atoms with Gasteiger partial charge in [-0.05, 0) is 12.1 Å². The van der Waals surface area contributed by atoms with Gasteiger partial charge in [-0.3, -0.25) is 4.98 Å². The number of hydrogen-bond donors (Lipinski definition) is 1. The number of hydrogen-bond acceptors (Lipinski definition) is 4. The lowest BCUT2D eigenvalue weighted by Gasteiger charge is -2.00. The number of pyridine rings is 1. The molecule has 0 radical (unpaired) electrons. The largest absolute Gasteiger partial charge is 0.326 e. The topological polar surface area (TPSA) is 64.7 Å². The fourth-order valence-corrected chi connectivity index (χ4v) is 1.24. The summed E-state index contributed by atoms with van der Waals surface area (Å²) in [5.74, 6) is 0.769. The third-order valence-corrected chi connectivity index (χ3v) is 2.06. The molecular formula is C11H12N4. The fraction of sp³-hybridized carbons (Fsp3) is 0.182. The van der Waals surface area contributed by atoms with Gasteiger partial charge in [-0.15, -0.1) is 0 Å². The third kappa shape index (κ3) is 2.57. The Balaban J connectivity index is 2.11. The SMILES string of the molecule is NCc1cnc(Cc2ccccn2)nc1. The van der Waals surface area contributed by atoms with Gasteiger partial charge in [0.25, 0.3) is 0 Å². The summed E-state index contributed by atoms with van der Waals surface area (Å²) in [5.41, 5.74) is 7.37. The molecule has 0 aliphatic carbocycles. The van der Waals surface area contributed by atoms with Gasteiger partial charge in [-0.2, -0.15) is 0 Å². The molecule has 2 aromatic heterocycles. The highest BCUT2D eigenvalue weighted by atomic mass is 14.9. The van der Waals surface area contributed by atoms with Crippen LogP contribution >= 0.6 is 0 Å². The van der Waals surface area contributed by atoms with Crippen LogP contribution in [0.3, 0.4) is 0 Å². The van der Waals surface area contributed by atoms with Gasteiger partial charge in [-0.25, -0.2) is 9.97 Å². The molecule has 4 nitrogen and oxygen atoms in total. The van der Waals surface area contributed by atoms with Gasteiger partial charge in [-0.1, -0.05) is 6.07 Å². The molecule has 0 bridgehead atoms. The predicted molar refractivity (Wildman–Crippen MR) is 57.0 cm³/mol. The number of nitrogens with zero attached hydrogens (tertiary/aromatic N) is 3. The van der Waals surface area contributed by atoms with Gasteiger partial charge >= 0.3 is 0 Å². The second-order valence-electron chi connectivity index (χ2n) is 3.21. The molecule has 0 unspecified atom stereocenters. The molecule has 0 amide bonds. The Morgan fingerprint density at radius 3 is 2.47 bits per heavy atom. The molecule has 15 heavy (non-hydrogen) atoms. The molecule has 4 heteroatoms. The zero-order valence-electron chi connectivity index (χ0n) is 8.30. The van der Waals surface area contributed by atoms with Crippen LogP contribution in [0.1, 0.15) is 17.1 Å². The van der Waals surface area contributed by atoms with Crippen molar-refractivity contribution >= 4 is 0 Å². The maximum atomic E-state index is 5.46. The van der Waals surface area contributed by atoms with Crippen molar-refractivity contribution in [2.24, 2.45) is 5.73 Å². The van der Waals surface area contributed by atoms with Crippen molar-refractivity contribution in [3.05, 3.63) is 53.9 Å². The lowest BCUT2D eigenvalue weighted by Crippen LogP contribution is -2.02. The third-order valence-electron chi connectivity index (χ3n) is 2.06. The van der Waals surface area contributed by atoms with Crippen LogP contribution in [0.5, 0.6) is 0 Å². The summed E-state index contributed by atoms with van der Waals surface area (Å²) >= 11 is 0. The lowest BCUT2D eigenvalue weighted by molar-refractivity contribution is 0.906. The fourth-order valence-electron chi connectivity index (χ4n) is 1.24. The van der Waals surface area contributed by atoms with Crippen LogP contribution in [0.4, 0.5) is 0 Å². The molecule has 0 atom stereocenters. The number of aromatic nitrogens is 3. The second-order valence-corrected chi connectivity index (χ2v) is 3.21. The minimum atomic E-state index is 0.476.